The summed E-state index contributed by atoms with van der Waals surface area (Å²) in [7, 11) is -6.71. The summed E-state index contributed by atoms with van der Waals surface area (Å²) < 4.78 is 27.2. The van der Waals surface area contributed by atoms with Crippen LogP contribution in [0.3, 0.4) is 0 Å². The van der Waals surface area contributed by atoms with Crippen LogP contribution in [0.2, 0.25) is 18.1 Å². The van der Waals surface area contributed by atoms with Crippen LogP contribution in [0.15, 0.2) is 30.7 Å². The maximum Gasteiger partial charge on any atom is 0.357 e. The van der Waals surface area contributed by atoms with Gasteiger partial charge in [-0.15, -0.1) is 0 Å². The first-order valence-corrected chi connectivity index (χ1v) is 16.5. The molecule has 198 valence electrons. The number of fused-ring (bicyclic) bond motifs is 1. The van der Waals surface area contributed by atoms with E-state index in [1.165, 1.54) is 6.33 Å². The van der Waals surface area contributed by atoms with Crippen molar-refractivity contribution in [2.45, 2.75) is 78.0 Å². The van der Waals surface area contributed by atoms with Crippen molar-refractivity contribution in [1.29, 1.82) is 0 Å². The molecule has 0 aliphatic carbocycles. The average molecular weight is 527 g/mol. The Morgan fingerprint density at radius 3 is 2.26 bits per heavy atom. The fraction of sp³-hybridized carbons (Fsp3) is 0.667. The van der Waals surface area contributed by atoms with Gasteiger partial charge in [-0.2, -0.15) is 0 Å². The Bertz CT molecular complexity index is 1080. The molecule has 0 spiro atoms. The van der Waals surface area contributed by atoms with Gasteiger partial charge in [0, 0.05) is 6.20 Å². The Morgan fingerprint density at radius 1 is 1.20 bits per heavy atom. The molecular formula is C24H43N4O5PSi. The molecule has 1 atom stereocenters. The summed E-state index contributed by atoms with van der Waals surface area (Å²) in [6.45, 7) is 22.5. The smallest absolute Gasteiger partial charge is 0.357 e. The molecule has 0 aliphatic rings. The van der Waals surface area contributed by atoms with Crippen LogP contribution in [0.5, 0.6) is 0 Å². The first-order chi connectivity index (χ1) is 15.9. The summed E-state index contributed by atoms with van der Waals surface area (Å²) in [5.41, 5.74) is 7.31. The van der Waals surface area contributed by atoms with E-state index >= 15 is 0 Å². The van der Waals surface area contributed by atoms with E-state index in [0.717, 1.165) is 0 Å². The van der Waals surface area contributed by atoms with E-state index in [1.807, 2.05) is 16.8 Å². The standard InChI is InChI=1S/C24H43N4O5PSi/c1-16(2)24(17(3)4,34(29,30)31)32-13-18(5)20(14-33-35(9,10)23(6,7)8)28-12-11-19-21(25)26-15-27-22(19)28/h11-12,15-17,20H,5,13-14H2,1-4,6-10H3,(H2,25,26,27)(H2,29,30,31). The molecule has 1 unspecified atom stereocenters. The second kappa shape index (κ2) is 10.4. The van der Waals surface area contributed by atoms with Crippen molar-refractivity contribution in [3.8, 4) is 0 Å². The molecule has 9 nitrogen and oxygen atoms in total. The molecule has 2 heterocycles. The van der Waals surface area contributed by atoms with Gasteiger partial charge in [-0.3, -0.25) is 4.57 Å². The number of nitrogens with zero attached hydrogens (tertiary/aromatic N) is 3. The molecule has 0 aromatic carbocycles. The number of nitrogens with two attached hydrogens (primary N) is 1. The maximum absolute atomic E-state index is 12.6. The van der Waals surface area contributed by atoms with Crippen LogP contribution in [0.1, 0.15) is 54.5 Å². The lowest BCUT2D eigenvalue weighted by molar-refractivity contribution is -0.0544. The highest BCUT2D eigenvalue weighted by atomic mass is 31.2. The molecular weight excluding hydrogens is 483 g/mol. The number of ether oxygens (including phenoxy) is 1. The quantitative estimate of drug-likeness (QED) is 0.203. The molecule has 35 heavy (non-hydrogen) atoms. The zero-order valence-electron chi connectivity index (χ0n) is 22.6. The highest BCUT2D eigenvalue weighted by Crippen LogP contribution is 2.59. The SMILES string of the molecule is C=C(COC(C(C)C)(C(C)C)P(=O)(O)O)C(CO[Si](C)(C)C(C)(C)C)n1ccc2c(N)ncnc21. The van der Waals surface area contributed by atoms with E-state index in [-0.39, 0.29) is 17.7 Å². The summed E-state index contributed by atoms with van der Waals surface area (Å²) >= 11 is 0. The van der Waals surface area contributed by atoms with Gasteiger partial charge in [0.2, 0.25) is 0 Å². The third-order valence-corrected chi connectivity index (χ3v) is 13.9. The Labute approximate surface area is 210 Å². The number of nitrogen functional groups attached to an aromatic ring is 1. The van der Waals surface area contributed by atoms with Gasteiger partial charge in [0.1, 0.15) is 17.8 Å². The van der Waals surface area contributed by atoms with Gasteiger partial charge < -0.3 is 29.3 Å². The molecule has 11 heteroatoms. The van der Waals surface area contributed by atoms with Gasteiger partial charge in [-0.05, 0) is 41.6 Å². The Hall–Kier alpha value is -1.55. The van der Waals surface area contributed by atoms with Crippen molar-refractivity contribution < 1.29 is 23.5 Å². The first kappa shape index (κ1) is 29.7. The molecule has 0 saturated carbocycles. The predicted octanol–water partition coefficient (Wildman–Crippen LogP) is 5.34. The lowest BCUT2D eigenvalue weighted by Gasteiger charge is -2.42. The van der Waals surface area contributed by atoms with Gasteiger partial charge in [-0.25, -0.2) is 9.97 Å². The monoisotopic (exact) mass is 526 g/mol. The number of aromatic nitrogens is 3. The minimum absolute atomic E-state index is 0.00555. The van der Waals surface area contributed by atoms with Crippen molar-refractivity contribution in [3.05, 3.63) is 30.7 Å². The first-order valence-electron chi connectivity index (χ1n) is 11.9. The van der Waals surface area contributed by atoms with Gasteiger partial charge in [0.05, 0.1) is 24.6 Å². The molecule has 0 aliphatic heterocycles. The van der Waals surface area contributed by atoms with Gasteiger partial charge >= 0.3 is 7.60 Å². The Kier molecular flexibility index (Phi) is 8.85. The third kappa shape index (κ3) is 5.89. The zero-order chi connectivity index (χ0) is 27.0. The van der Waals surface area contributed by atoms with E-state index < -0.39 is 33.1 Å². The summed E-state index contributed by atoms with van der Waals surface area (Å²) in [6.07, 6.45) is 3.28. The highest BCUT2D eigenvalue weighted by molar-refractivity contribution is 7.53. The number of rotatable bonds is 11. The van der Waals surface area contributed by atoms with Crippen molar-refractivity contribution in [2.75, 3.05) is 18.9 Å². The molecule has 0 bridgehead atoms. The van der Waals surface area contributed by atoms with Crippen LogP contribution in [-0.2, 0) is 13.7 Å². The van der Waals surface area contributed by atoms with Crippen LogP contribution >= 0.6 is 7.60 Å². The van der Waals surface area contributed by atoms with E-state index in [9.17, 15) is 14.4 Å². The lowest BCUT2D eigenvalue weighted by atomic mass is 9.95. The molecule has 2 aromatic rings. The summed E-state index contributed by atoms with van der Waals surface area (Å²) in [5, 5.41) is -0.912. The van der Waals surface area contributed by atoms with Crippen LogP contribution in [0.4, 0.5) is 5.82 Å². The number of anilines is 1. The molecule has 0 fully saturated rings. The van der Waals surface area contributed by atoms with Crippen LogP contribution in [0, 0.1) is 11.8 Å². The largest absolute Gasteiger partial charge is 0.414 e. The number of hydrogen-bond donors (Lipinski definition) is 3. The van der Waals surface area contributed by atoms with E-state index in [0.29, 0.717) is 29.0 Å². The van der Waals surface area contributed by atoms with Crippen molar-refractivity contribution in [1.82, 2.24) is 14.5 Å². The van der Waals surface area contributed by atoms with Gasteiger partial charge in [-0.1, -0.05) is 55.0 Å². The highest BCUT2D eigenvalue weighted by Gasteiger charge is 2.53. The summed E-state index contributed by atoms with van der Waals surface area (Å²) in [4.78, 5) is 29.1. The van der Waals surface area contributed by atoms with Crippen LogP contribution in [0.25, 0.3) is 11.0 Å². The van der Waals surface area contributed by atoms with Gasteiger partial charge in [0.25, 0.3) is 0 Å². The molecule has 0 amide bonds. The minimum atomic E-state index is -4.61. The van der Waals surface area contributed by atoms with Gasteiger partial charge in [0.15, 0.2) is 13.7 Å². The maximum atomic E-state index is 12.6. The van der Waals surface area contributed by atoms with E-state index in [1.54, 1.807) is 27.7 Å². The normalized spacial score (nSPS) is 14.8. The van der Waals surface area contributed by atoms with Crippen molar-refractivity contribution in [2.24, 2.45) is 11.8 Å². The molecule has 0 radical (unpaired) electrons. The molecule has 2 aromatic heterocycles. The Morgan fingerprint density at radius 2 is 1.77 bits per heavy atom. The third-order valence-electron chi connectivity index (χ3n) is 7.35. The molecule has 0 saturated heterocycles. The Balaban J connectivity index is 2.47. The van der Waals surface area contributed by atoms with Crippen LogP contribution in [-0.4, -0.2) is 51.2 Å². The second-order valence-corrected chi connectivity index (χ2v) is 18.0. The summed E-state index contributed by atoms with van der Waals surface area (Å²) in [6, 6.07) is 1.46. The topological polar surface area (TPSA) is 133 Å². The second-order valence-electron chi connectivity index (χ2n) is 11.4. The number of hydrogen-bond acceptors (Lipinski definition) is 6. The molecule has 4 N–H and O–H groups in total. The minimum Gasteiger partial charge on any atom is -0.414 e. The average Bonchev–Trinajstić information content (AvgIpc) is 3.11. The van der Waals surface area contributed by atoms with Crippen LogP contribution < -0.4 is 5.73 Å². The van der Waals surface area contributed by atoms with Crippen molar-refractivity contribution in [3.63, 3.8) is 0 Å². The van der Waals surface area contributed by atoms with Crippen molar-refractivity contribution >= 4 is 32.8 Å². The zero-order valence-corrected chi connectivity index (χ0v) is 24.5. The lowest BCUT2D eigenvalue weighted by Crippen LogP contribution is -2.44. The molecule has 2 rings (SSSR count). The fourth-order valence-corrected chi connectivity index (χ4v) is 6.79. The van der Waals surface area contributed by atoms with E-state index in [4.69, 9.17) is 14.9 Å². The predicted molar refractivity (Wildman–Crippen MR) is 144 cm³/mol. The fourth-order valence-electron chi connectivity index (χ4n) is 4.20. The summed E-state index contributed by atoms with van der Waals surface area (Å²) in [5.74, 6) is -0.462. The van der Waals surface area contributed by atoms with E-state index in [2.05, 4.69) is 50.4 Å².